The number of ether oxygens (including phenoxy) is 1. The Morgan fingerprint density at radius 1 is 0.969 bits per heavy atom. The minimum absolute atomic E-state index is 0.151. The van der Waals surface area contributed by atoms with Crippen LogP contribution in [-0.2, 0) is 0 Å². The lowest BCUT2D eigenvalue weighted by Crippen LogP contribution is -2.16. The number of halogens is 1. The summed E-state index contributed by atoms with van der Waals surface area (Å²) >= 11 is 6.26. The first-order valence-corrected chi connectivity index (χ1v) is 10.7. The summed E-state index contributed by atoms with van der Waals surface area (Å²) in [5, 5.41) is 9.92. The summed E-state index contributed by atoms with van der Waals surface area (Å²) in [5.74, 6) is 1.67. The van der Waals surface area contributed by atoms with Gasteiger partial charge in [-0.3, -0.25) is 0 Å². The predicted octanol–water partition coefficient (Wildman–Crippen LogP) is 5.17. The van der Waals surface area contributed by atoms with Crippen molar-refractivity contribution in [2.45, 2.75) is 26.7 Å². The fourth-order valence-corrected chi connectivity index (χ4v) is 4.54. The van der Waals surface area contributed by atoms with E-state index in [-0.39, 0.29) is 5.92 Å². The lowest BCUT2D eigenvalue weighted by atomic mass is 9.84. The fraction of sp³-hybridized carbons (Fsp3) is 0.167. The van der Waals surface area contributed by atoms with Crippen molar-refractivity contribution in [3.63, 3.8) is 0 Å². The van der Waals surface area contributed by atoms with E-state index >= 15 is 0 Å². The van der Waals surface area contributed by atoms with Crippen molar-refractivity contribution in [2.24, 2.45) is 0 Å². The lowest BCUT2D eigenvalue weighted by Gasteiger charge is -2.26. The molecule has 0 saturated carbocycles. The van der Waals surface area contributed by atoms with E-state index in [0.29, 0.717) is 22.6 Å². The molecule has 32 heavy (non-hydrogen) atoms. The largest absolute Gasteiger partial charge is 0.420 e. The number of fused-ring (bicyclic) bond motifs is 4. The van der Waals surface area contributed by atoms with Gasteiger partial charge in [-0.15, -0.1) is 0 Å². The Labute approximate surface area is 189 Å². The van der Waals surface area contributed by atoms with Crippen LogP contribution in [0.5, 0.6) is 11.8 Å². The molecule has 6 rings (SSSR count). The van der Waals surface area contributed by atoms with Gasteiger partial charge in [0.1, 0.15) is 12.2 Å². The highest BCUT2D eigenvalue weighted by Gasteiger charge is 2.38. The van der Waals surface area contributed by atoms with Crippen LogP contribution >= 0.6 is 11.6 Å². The third-order valence-corrected chi connectivity index (χ3v) is 6.02. The molecule has 5 aromatic rings. The zero-order chi connectivity index (χ0) is 22.0. The highest BCUT2D eigenvalue weighted by atomic mass is 35.5. The van der Waals surface area contributed by atoms with Gasteiger partial charge >= 0.3 is 0 Å². The number of aromatic nitrogens is 6. The van der Waals surface area contributed by atoms with Gasteiger partial charge < -0.3 is 4.74 Å². The van der Waals surface area contributed by atoms with Crippen LogP contribution < -0.4 is 4.74 Å². The van der Waals surface area contributed by atoms with Crippen LogP contribution in [-0.4, -0.2) is 29.4 Å². The highest BCUT2D eigenvalue weighted by molar-refractivity contribution is 6.30. The number of benzene rings is 2. The molecule has 2 aromatic carbocycles. The maximum atomic E-state index is 6.38. The summed E-state index contributed by atoms with van der Waals surface area (Å²) in [6, 6.07) is 16.1. The first-order valence-electron chi connectivity index (χ1n) is 10.3. The van der Waals surface area contributed by atoms with Gasteiger partial charge in [-0.1, -0.05) is 47.5 Å². The number of hydrogen-bond donors (Lipinski definition) is 0. The summed E-state index contributed by atoms with van der Waals surface area (Å²) in [5.41, 5.74) is 6.61. The van der Waals surface area contributed by atoms with Gasteiger partial charge in [-0.05, 0) is 44.5 Å². The summed E-state index contributed by atoms with van der Waals surface area (Å²) in [4.78, 5) is 9.27. The van der Waals surface area contributed by atoms with Gasteiger partial charge in [-0.2, -0.15) is 10.2 Å². The van der Waals surface area contributed by atoms with E-state index in [2.05, 4.69) is 46.3 Å². The highest BCUT2D eigenvalue weighted by Crippen LogP contribution is 2.49. The molecule has 1 unspecified atom stereocenters. The Kier molecular flexibility index (Phi) is 4.10. The van der Waals surface area contributed by atoms with Crippen molar-refractivity contribution in [2.75, 3.05) is 0 Å². The van der Waals surface area contributed by atoms with Crippen molar-refractivity contribution in [1.29, 1.82) is 0 Å². The van der Waals surface area contributed by atoms with E-state index in [1.54, 1.807) is 15.5 Å². The zero-order valence-electron chi connectivity index (χ0n) is 17.7. The third kappa shape index (κ3) is 2.81. The molecule has 0 radical (unpaired) electrons. The molecular weight excluding hydrogens is 424 g/mol. The summed E-state index contributed by atoms with van der Waals surface area (Å²) in [6.07, 6.45) is 1.64. The molecule has 3 aromatic heterocycles. The van der Waals surface area contributed by atoms with Crippen LogP contribution in [0.2, 0.25) is 5.02 Å². The average Bonchev–Trinajstić information content (AvgIpc) is 3.32. The molecule has 7 nitrogen and oxygen atoms in total. The molecule has 0 fully saturated rings. The van der Waals surface area contributed by atoms with Gasteiger partial charge in [0.05, 0.1) is 28.4 Å². The van der Waals surface area contributed by atoms with E-state index in [1.165, 1.54) is 5.56 Å². The van der Waals surface area contributed by atoms with E-state index in [9.17, 15) is 0 Å². The van der Waals surface area contributed by atoms with E-state index < -0.39 is 0 Å². The minimum atomic E-state index is -0.151. The second-order valence-corrected chi connectivity index (χ2v) is 8.47. The van der Waals surface area contributed by atoms with E-state index in [4.69, 9.17) is 21.4 Å². The minimum Gasteiger partial charge on any atom is -0.420 e. The molecule has 0 amide bonds. The molecule has 0 saturated heterocycles. The quantitative estimate of drug-likeness (QED) is 0.370. The second-order valence-electron chi connectivity index (χ2n) is 8.03. The van der Waals surface area contributed by atoms with Crippen LogP contribution in [0.1, 0.15) is 39.7 Å². The van der Waals surface area contributed by atoms with Crippen molar-refractivity contribution in [1.82, 2.24) is 29.4 Å². The van der Waals surface area contributed by atoms with E-state index in [1.807, 2.05) is 38.1 Å². The first-order chi connectivity index (χ1) is 15.5. The summed E-state index contributed by atoms with van der Waals surface area (Å²) in [7, 11) is 0. The summed E-state index contributed by atoms with van der Waals surface area (Å²) in [6.45, 7) is 5.95. The zero-order valence-corrected chi connectivity index (χ0v) is 18.5. The Hall–Kier alpha value is -3.71. The monoisotopic (exact) mass is 442 g/mol. The van der Waals surface area contributed by atoms with Gasteiger partial charge in [-0.25, -0.2) is 19.2 Å². The number of aryl methyl sites for hydroxylation is 3. The molecule has 8 heteroatoms. The normalized spacial score (nSPS) is 14.8. The van der Waals surface area contributed by atoms with Gasteiger partial charge in [0.2, 0.25) is 11.8 Å². The average molecular weight is 443 g/mol. The molecule has 1 aliphatic heterocycles. The summed E-state index contributed by atoms with van der Waals surface area (Å²) < 4.78 is 9.88. The van der Waals surface area contributed by atoms with Crippen LogP contribution in [0.15, 0.2) is 54.9 Å². The smallest absolute Gasteiger partial charge is 0.230 e. The number of nitrogens with zero attached hydrogens (tertiary/aromatic N) is 6. The lowest BCUT2D eigenvalue weighted by molar-refractivity contribution is 0.402. The number of hydrogen-bond acceptors (Lipinski definition) is 5. The molecule has 0 spiro atoms. The van der Waals surface area contributed by atoms with Crippen molar-refractivity contribution < 1.29 is 4.74 Å². The number of rotatable bonds is 2. The third-order valence-electron chi connectivity index (χ3n) is 5.79. The van der Waals surface area contributed by atoms with Crippen LogP contribution in [0.25, 0.3) is 11.3 Å². The Morgan fingerprint density at radius 3 is 2.56 bits per heavy atom. The molecule has 158 valence electrons. The van der Waals surface area contributed by atoms with Crippen molar-refractivity contribution >= 4 is 17.2 Å². The fourth-order valence-electron chi connectivity index (χ4n) is 4.36. The topological polar surface area (TPSA) is 70.1 Å². The van der Waals surface area contributed by atoms with Crippen molar-refractivity contribution in [3.05, 3.63) is 93.7 Å². The maximum absolute atomic E-state index is 6.38. The second kappa shape index (κ2) is 6.90. The Balaban J connectivity index is 1.66. The molecule has 0 N–H and O–H groups in total. The Morgan fingerprint density at radius 2 is 1.78 bits per heavy atom. The van der Waals surface area contributed by atoms with Gasteiger partial charge in [0, 0.05) is 5.02 Å². The Bertz CT molecular complexity index is 1500. The van der Waals surface area contributed by atoms with Crippen LogP contribution in [0, 0.1) is 20.8 Å². The molecule has 1 aliphatic rings. The molecule has 0 bridgehead atoms. The molecule has 1 atom stereocenters. The van der Waals surface area contributed by atoms with Crippen molar-refractivity contribution in [3.8, 4) is 17.4 Å². The van der Waals surface area contributed by atoms with Crippen LogP contribution in [0.4, 0.5) is 0 Å². The van der Waals surface area contributed by atoms with Crippen LogP contribution in [0.3, 0.4) is 0 Å². The first kappa shape index (κ1) is 19.0. The van der Waals surface area contributed by atoms with Gasteiger partial charge in [0.25, 0.3) is 0 Å². The predicted molar refractivity (Wildman–Crippen MR) is 121 cm³/mol. The standard InChI is InChI=1S/C24H19ClN6O/c1-13-7-9-16(10-8-13)20-19-14(2)28-31(18-6-4-5-17(25)11-18)24(19)32-23-21(20)22-27-15(3)29-30(22)12-26-23/h4-12,20H,1-3H3. The van der Waals surface area contributed by atoms with E-state index in [0.717, 1.165) is 33.7 Å². The molecule has 4 heterocycles. The van der Waals surface area contributed by atoms with Gasteiger partial charge in [0.15, 0.2) is 5.65 Å². The SMILES string of the molecule is Cc1ccc(C2c3c(C)nn(-c4cccc(Cl)c4)c3Oc3ncn4nc(C)nc4c32)cc1. The molecular formula is C24H19ClN6O. The maximum Gasteiger partial charge on any atom is 0.230 e. The molecule has 0 aliphatic carbocycles.